The van der Waals surface area contributed by atoms with Crippen LogP contribution in [-0.2, 0) is 23.9 Å². The van der Waals surface area contributed by atoms with Gasteiger partial charge in [-0.3, -0.25) is 14.4 Å². The van der Waals surface area contributed by atoms with Crippen LogP contribution in [0.15, 0.2) is 131 Å². The molecule has 3 fully saturated rings. The number of hydrogen-bond donors (Lipinski definition) is 3. The first-order valence-corrected chi connectivity index (χ1v) is 30.4. The molecule has 7 rings (SSSR count). The lowest BCUT2D eigenvalue weighted by atomic mass is 9.84. The van der Waals surface area contributed by atoms with Gasteiger partial charge in [0.1, 0.15) is 6.61 Å². The smallest absolute Gasteiger partial charge is 0.310 e. The van der Waals surface area contributed by atoms with E-state index in [1.165, 1.54) is 76.9 Å². The molecule has 5 heterocycles. The third-order valence-electron chi connectivity index (χ3n) is 17.7. The summed E-state index contributed by atoms with van der Waals surface area (Å²) >= 11 is 0. The number of esters is 2. The van der Waals surface area contributed by atoms with Crippen LogP contribution in [0.3, 0.4) is 0 Å². The molecule has 1 saturated heterocycles. The van der Waals surface area contributed by atoms with E-state index >= 15 is 0 Å². The maximum absolute atomic E-state index is 14.9. The number of allylic oxidation sites excluding steroid dienone is 11. The highest BCUT2D eigenvalue weighted by Crippen LogP contribution is 2.43. The summed E-state index contributed by atoms with van der Waals surface area (Å²) < 4.78 is 11.3. The Balaban J connectivity index is 1.19. The Morgan fingerprint density at radius 2 is 1.45 bits per heavy atom. The molecule has 0 aromatic heterocycles. The van der Waals surface area contributed by atoms with Gasteiger partial charge in [0, 0.05) is 64.7 Å². The summed E-state index contributed by atoms with van der Waals surface area (Å²) in [4.78, 5) is 58.5. The van der Waals surface area contributed by atoms with Gasteiger partial charge in [-0.05, 0) is 131 Å². The van der Waals surface area contributed by atoms with Crippen LogP contribution in [0.1, 0.15) is 210 Å². The number of carbonyl (C=O) groups excluding carboxylic acids is 3. The van der Waals surface area contributed by atoms with Gasteiger partial charge in [0.15, 0.2) is 0 Å². The molecule has 11 heteroatoms. The standard InChI is InChI=1S/C67H96N6O5/c1-12-51-46(8)56-38-57-47(9)53(33-34-62(74)78-36-35-45(7)28-22-27-44(6)26-21-25-43(5)24-20-23-42(3)4)65(72-57)54(37-63(75)77-11)66-64(67(76)69-50-31-18-15-19-32-50)48(10)58(73-66)39-60-52(13-2)55(61(71-60)40-59(51)70-56)41-68-49-29-16-14-17-30-49/h12,35,38-44,47,49-50,53,68,72H,1,13-34,36-37H2,2-11H3,(H,69,76)/b45-35+,55-41?,57-38?,58-39?,59-40?,65-54?. The van der Waals surface area contributed by atoms with Crippen LogP contribution < -0.4 is 16.0 Å². The predicted molar refractivity (Wildman–Crippen MR) is 321 cm³/mol. The highest BCUT2D eigenvalue weighted by molar-refractivity contribution is 6.31. The normalized spacial score (nSPS) is 22.5. The number of rotatable bonds is 25. The Morgan fingerprint density at radius 1 is 0.782 bits per heavy atom. The predicted octanol–water partition coefficient (Wildman–Crippen LogP) is 15.1. The molecule has 0 spiro atoms. The molecule has 2 saturated carbocycles. The molecule has 8 bridgehead atoms. The first kappa shape index (κ1) is 60.1. The molecule has 3 N–H and O–H groups in total. The number of amides is 1. The Bertz CT molecular complexity index is 2630. The van der Waals surface area contributed by atoms with Crippen molar-refractivity contribution < 1.29 is 23.9 Å². The van der Waals surface area contributed by atoms with E-state index in [1.54, 1.807) is 0 Å². The van der Waals surface area contributed by atoms with Gasteiger partial charge in [0.25, 0.3) is 5.91 Å². The second-order valence-electron chi connectivity index (χ2n) is 24.2. The van der Waals surface area contributed by atoms with Gasteiger partial charge in [-0.25, -0.2) is 15.0 Å². The van der Waals surface area contributed by atoms with E-state index in [2.05, 4.69) is 102 Å². The molecule has 4 unspecified atom stereocenters. The van der Waals surface area contributed by atoms with Gasteiger partial charge in [-0.2, -0.15) is 0 Å². The highest BCUT2D eigenvalue weighted by Gasteiger charge is 2.40. The van der Waals surface area contributed by atoms with Crippen LogP contribution in [0.4, 0.5) is 0 Å². The van der Waals surface area contributed by atoms with Crippen LogP contribution in [0.25, 0.3) is 0 Å². The van der Waals surface area contributed by atoms with Gasteiger partial charge in [0.2, 0.25) is 0 Å². The van der Waals surface area contributed by atoms with E-state index in [0.717, 1.165) is 126 Å². The zero-order chi connectivity index (χ0) is 55.9. The van der Waals surface area contributed by atoms with Crippen molar-refractivity contribution in [3.05, 3.63) is 116 Å². The molecule has 7 aliphatic rings. The second-order valence-corrected chi connectivity index (χ2v) is 24.2. The van der Waals surface area contributed by atoms with Gasteiger partial charge in [-0.15, -0.1) is 0 Å². The minimum Gasteiger partial charge on any atom is -0.469 e. The molecule has 0 radical (unpaired) electrons. The largest absolute Gasteiger partial charge is 0.469 e. The molecule has 78 heavy (non-hydrogen) atoms. The summed E-state index contributed by atoms with van der Waals surface area (Å²) in [5, 5.41) is 11.0. The Hall–Kier alpha value is -5.58. The first-order valence-electron chi connectivity index (χ1n) is 30.4. The average molecular weight is 1070 g/mol. The quantitative estimate of drug-likeness (QED) is 0.0610. The van der Waals surface area contributed by atoms with Crippen molar-refractivity contribution >= 4 is 35.0 Å². The maximum atomic E-state index is 14.9. The lowest BCUT2D eigenvalue weighted by Gasteiger charge is -2.24. The minimum absolute atomic E-state index is 0.0408. The van der Waals surface area contributed by atoms with Gasteiger partial charge in [-0.1, -0.05) is 143 Å². The average Bonchev–Trinajstić information content (AvgIpc) is 4.20. The van der Waals surface area contributed by atoms with Crippen LogP contribution in [-0.4, -0.2) is 60.8 Å². The topological polar surface area (TPSA) is 143 Å². The summed E-state index contributed by atoms with van der Waals surface area (Å²) in [5.41, 5.74) is 12.8. The molecule has 5 aliphatic heterocycles. The van der Waals surface area contributed by atoms with E-state index in [0.29, 0.717) is 52.9 Å². The van der Waals surface area contributed by atoms with Gasteiger partial charge in [0.05, 0.1) is 53.3 Å². The summed E-state index contributed by atoms with van der Waals surface area (Å²) in [7, 11) is 1.39. The first-order chi connectivity index (χ1) is 37.6. The molecule has 11 nitrogen and oxygen atoms in total. The number of ether oxygens (including phenoxy) is 2. The summed E-state index contributed by atoms with van der Waals surface area (Å²) in [5.74, 6) is 0.954. The molecule has 0 aromatic carbocycles. The number of nitrogens with one attached hydrogen (secondary N) is 3. The number of nitrogens with zero attached hydrogens (tertiary/aromatic N) is 3. The van der Waals surface area contributed by atoms with Crippen molar-refractivity contribution in [3.8, 4) is 0 Å². The van der Waals surface area contributed by atoms with Crippen LogP contribution >= 0.6 is 0 Å². The zero-order valence-corrected chi connectivity index (χ0v) is 49.6. The van der Waals surface area contributed by atoms with Gasteiger partial charge < -0.3 is 25.4 Å². The molecule has 0 aromatic rings. The molecular weight excluding hydrogens is 969 g/mol. The SMILES string of the molecule is C=CC1=C(C)C2=NC1=CC1=NC(=C(CC)C1=CNC1CCCCC1)C=C1N=C(C(CC(=O)OC)=C3NC(=C2)C(C)C3CCC(=O)OC/C=C(\C)CCCC(C)CCCC(C)CCCC(C)C)C(C(=O)NC2CCCCC2)=C1C. The minimum atomic E-state index is -0.457. The van der Waals surface area contributed by atoms with Crippen molar-refractivity contribution in [1.29, 1.82) is 0 Å². The van der Waals surface area contributed by atoms with E-state index in [9.17, 15) is 14.4 Å². The molecule has 4 atom stereocenters. The fourth-order valence-corrected chi connectivity index (χ4v) is 12.7. The van der Waals surface area contributed by atoms with E-state index in [1.807, 2.05) is 19.1 Å². The van der Waals surface area contributed by atoms with E-state index in [4.69, 9.17) is 24.5 Å². The zero-order valence-electron chi connectivity index (χ0n) is 49.6. The molecule has 1 amide bonds. The Kier molecular flexibility index (Phi) is 22.4. The third-order valence-corrected chi connectivity index (χ3v) is 17.7. The molecular formula is C67H96N6O5. The monoisotopic (exact) mass is 1060 g/mol. The van der Waals surface area contributed by atoms with Gasteiger partial charge >= 0.3 is 11.9 Å². The number of hydrogen-bond acceptors (Lipinski definition) is 10. The summed E-state index contributed by atoms with van der Waals surface area (Å²) in [6, 6.07) is 0.436. The third kappa shape index (κ3) is 15.8. The number of fused-ring (bicyclic) bond motifs is 5. The Morgan fingerprint density at radius 3 is 2.10 bits per heavy atom. The lowest BCUT2D eigenvalue weighted by molar-refractivity contribution is -0.143. The van der Waals surface area contributed by atoms with Crippen LogP contribution in [0.2, 0.25) is 0 Å². The lowest BCUT2D eigenvalue weighted by Crippen LogP contribution is -2.39. The summed E-state index contributed by atoms with van der Waals surface area (Å²) in [6.45, 7) is 24.4. The van der Waals surface area contributed by atoms with Crippen molar-refractivity contribution in [3.63, 3.8) is 0 Å². The van der Waals surface area contributed by atoms with Crippen molar-refractivity contribution in [2.75, 3.05) is 13.7 Å². The molecule has 424 valence electrons. The number of carbonyl (C=O) groups is 3. The fourth-order valence-electron chi connectivity index (χ4n) is 12.7. The number of methoxy groups -OCH3 is 1. The van der Waals surface area contributed by atoms with E-state index in [-0.39, 0.29) is 49.2 Å². The molecule has 2 aliphatic carbocycles. The number of aliphatic imine (C=N–C) groups is 3. The highest BCUT2D eigenvalue weighted by atomic mass is 16.5. The van der Waals surface area contributed by atoms with E-state index < -0.39 is 5.97 Å². The van der Waals surface area contributed by atoms with Crippen LogP contribution in [0, 0.1) is 29.6 Å². The maximum Gasteiger partial charge on any atom is 0.310 e. The van der Waals surface area contributed by atoms with Crippen molar-refractivity contribution in [2.45, 2.75) is 222 Å². The fraction of sp³-hybridized carbons (Fsp3) is 0.612. The second kappa shape index (κ2) is 29.0. The van der Waals surface area contributed by atoms with Crippen molar-refractivity contribution in [2.24, 2.45) is 44.6 Å². The van der Waals surface area contributed by atoms with Crippen molar-refractivity contribution in [1.82, 2.24) is 16.0 Å². The summed E-state index contributed by atoms with van der Waals surface area (Å²) in [6.07, 6.45) is 35.8. The Labute approximate surface area is 469 Å². The van der Waals surface area contributed by atoms with Crippen LogP contribution in [0.5, 0.6) is 0 Å².